The predicted molar refractivity (Wildman–Crippen MR) is 71.3 cm³/mol. The summed E-state index contributed by atoms with van der Waals surface area (Å²) < 4.78 is 8.28. The van der Waals surface area contributed by atoms with Gasteiger partial charge in [-0.15, -0.1) is 0 Å². The predicted octanol–water partition coefficient (Wildman–Crippen LogP) is -4.45. The summed E-state index contributed by atoms with van der Waals surface area (Å²) in [5, 5.41) is 0. The maximum Gasteiger partial charge on any atom is 0.248 e. The van der Waals surface area contributed by atoms with Gasteiger partial charge in [0.05, 0.1) is 25.5 Å². The van der Waals surface area contributed by atoms with Crippen LogP contribution in [-0.2, 0) is 13.1 Å². The van der Waals surface area contributed by atoms with Gasteiger partial charge >= 0.3 is 0 Å². The molecular formula is C14H20Br2N4. The zero-order valence-electron chi connectivity index (χ0n) is 11.4. The molecule has 6 heteroatoms. The van der Waals surface area contributed by atoms with Crippen LogP contribution in [0.15, 0.2) is 50.6 Å². The highest BCUT2D eigenvalue weighted by molar-refractivity contribution is 5.13. The van der Waals surface area contributed by atoms with Crippen molar-refractivity contribution in [3.05, 3.63) is 50.6 Å². The van der Waals surface area contributed by atoms with Crippen LogP contribution in [0, 0.1) is 0 Å². The van der Waals surface area contributed by atoms with E-state index in [0.717, 1.165) is 25.9 Å². The fourth-order valence-corrected chi connectivity index (χ4v) is 1.89. The number of aryl methyl sites for hydroxylation is 2. The van der Waals surface area contributed by atoms with E-state index >= 15 is 0 Å². The lowest BCUT2D eigenvalue weighted by Gasteiger charge is -1.96. The van der Waals surface area contributed by atoms with Crippen molar-refractivity contribution in [1.82, 2.24) is 9.13 Å². The monoisotopic (exact) mass is 402 g/mol. The van der Waals surface area contributed by atoms with E-state index in [9.17, 15) is 0 Å². The fraction of sp³-hybridized carbons (Fsp3) is 0.286. The highest BCUT2D eigenvalue weighted by Gasteiger charge is 2.03. The Balaban J connectivity index is 0.00000180. The lowest BCUT2D eigenvalue weighted by Crippen LogP contribution is -3.00. The zero-order valence-corrected chi connectivity index (χ0v) is 14.6. The second-order valence-electron chi connectivity index (χ2n) is 4.27. The summed E-state index contributed by atoms with van der Waals surface area (Å²) >= 11 is 0. The van der Waals surface area contributed by atoms with Crippen molar-refractivity contribution in [1.29, 1.82) is 0 Å². The lowest BCUT2D eigenvalue weighted by molar-refractivity contribution is -0.707. The molecule has 4 nitrogen and oxygen atoms in total. The number of unbranched alkanes of at least 4 members (excludes halogenated alkanes) is 1. The average Bonchev–Trinajstić information content (AvgIpc) is 3.03. The van der Waals surface area contributed by atoms with E-state index in [4.69, 9.17) is 0 Å². The Labute approximate surface area is 141 Å². The van der Waals surface area contributed by atoms with Gasteiger partial charge in [0, 0.05) is 0 Å². The van der Waals surface area contributed by atoms with Crippen LogP contribution in [0.1, 0.15) is 12.8 Å². The van der Waals surface area contributed by atoms with Crippen molar-refractivity contribution in [2.45, 2.75) is 25.9 Å². The summed E-state index contributed by atoms with van der Waals surface area (Å²) in [5.41, 5.74) is 0. The molecule has 0 aliphatic heterocycles. The minimum atomic E-state index is 0. The van der Waals surface area contributed by atoms with Crippen molar-refractivity contribution in [3.63, 3.8) is 0 Å². The third-order valence-corrected chi connectivity index (χ3v) is 2.93. The summed E-state index contributed by atoms with van der Waals surface area (Å²) in [7, 11) is 0. The van der Waals surface area contributed by atoms with Crippen molar-refractivity contribution >= 4 is 12.4 Å². The second kappa shape index (κ2) is 9.72. The molecule has 0 radical (unpaired) electrons. The zero-order chi connectivity index (χ0) is 12.8. The SMILES string of the molecule is C=Cn1cc[n+](CCCC[n+]2ccn(C=C)c2)c1.[Br-].[Br-]. The Kier molecular flexibility index (Phi) is 9.16. The van der Waals surface area contributed by atoms with Gasteiger partial charge in [0.25, 0.3) is 0 Å². The van der Waals surface area contributed by atoms with Gasteiger partial charge in [-0.3, -0.25) is 0 Å². The third-order valence-electron chi connectivity index (χ3n) is 2.93. The fourth-order valence-electron chi connectivity index (χ4n) is 1.89. The summed E-state index contributed by atoms with van der Waals surface area (Å²) in [5.74, 6) is 0. The Morgan fingerprint density at radius 1 is 0.800 bits per heavy atom. The molecule has 0 N–H and O–H groups in total. The van der Waals surface area contributed by atoms with Gasteiger partial charge in [0.15, 0.2) is 0 Å². The van der Waals surface area contributed by atoms with E-state index in [-0.39, 0.29) is 34.0 Å². The molecule has 0 atom stereocenters. The molecule has 0 aliphatic rings. The normalized spacial score (nSPS) is 9.40. The Morgan fingerprint density at radius 3 is 1.50 bits per heavy atom. The van der Waals surface area contributed by atoms with Crippen LogP contribution >= 0.6 is 0 Å². The minimum Gasteiger partial charge on any atom is -1.00 e. The number of aromatic nitrogens is 4. The molecule has 0 aromatic carbocycles. The van der Waals surface area contributed by atoms with Crippen LogP contribution in [0.5, 0.6) is 0 Å². The molecule has 0 unspecified atom stereocenters. The first-order chi connectivity index (χ1) is 8.81. The van der Waals surface area contributed by atoms with Crippen molar-refractivity contribution < 1.29 is 43.1 Å². The standard InChI is InChI=1S/C14H20N4.2BrH/c1-3-15-9-11-17(13-15)7-5-6-8-18-12-10-16(4-2)14-18;;/h3-4,9-14H,1-2,5-8H2;2*1H/q+2;;/p-2. The molecule has 2 heterocycles. The number of hydrogen-bond acceptors (Lipinski definition) is 0. The molecule has 2 aromatic rings. The van der Waals surface area contributed by atoms with Crippen LogP contribution in [0.25, 0.3) is 12.4 Å². The molecule has 0 spiro atoms. The van der Waals surface area contributed by atoms with Crippen LogP contribution in [-0.4, -0.2) is 9.13 Å². The van der Waals surface area contributed by atoms with Gasteiger partial charge in [-0.25, -0.2) is 18.3 Å². The first kappa shape index (κ1) is 18.9. The van der Waals surface area contributed by atoms with Crippen LogP contribution in [0.4, 0.5) is 0 Å². The van der Waals surface area contributed by atoms with Gasteiger partial charge in [-0.2, -0.15) is 0 Å². The van der Waals surface area contributed by atoms with Crippen molar-refractivity contribution in [2.75, 3.05) is 0 Å². The first-order valence-corrected chi connectivity index (χ1v) is 6.20. The quantitative estimate of drug-likeness (QED) is 0.328. The van der Waals surface area contributed by atoms with Crippen molar-refractivity contribution in [3.8, 4) is 0 Å². The highest BCUT2D eigenvalue weighted by Crippen LogP contribution is 1.92. The number of halogens is 2. The smallest absolute Gasteiger partial charge is 0.248 e. The van der Waals surface area contributed by atoms with Gasteiger partial charge in [-0.1, -0.05) is 13.2 Å². The molecule has 110 valence electrons. The maximum absolute atomic E-state index is 3.73. The molecule has 0 bridgehead atoms. The number of imidazole rings is 2. The maximum atomic E-state index is 3.73. The van der Waals surface area contributed by atoms with E-state index in [2.05, 4.69) is 34.7 Å². The first-order valence-electron chi connectivity index (χ1n) is 6.20. The van der Waals surface area contributed by atoms with E-state index in [0.29, 0.717) is 0 Å². The molecule has 20 heavy (non-hydrogen) atoms. The van der Waals surface area contributed by atoms with E-state index < -0.39 is 0 Å². The number of rotatable bonds is 7. The number of hydrogen-bond donors (Lipinski definition) is 0. The van der Waals surface area contributed by atoms with E-state index in [1.165, 1.54) is 0 Å². The van der Waals surface area contributed by atoms with Gasteiger partial charge in [-0.05, 0) is 12.8 Å². The van der Waals surface area contributed by atoms with E-state index in [1.807, 2.05) is 34.2 Å². The highest BCUT2D eigenvalue weighted by atomic mass is 79.9. The van der Waals surface area contributed by atoms with E-state index in [1.54, 1.807) is 12.4 Å². The molecule has 0 saturated heterocycles. The van der Waals surface area contributed by atoms with Crippen LogP contribution in [0.2, 0.25) is 0 Å². The Morgan fingerprint density at radius 2 is 1.20 bits per heavy atom. The molecule has 0 aliphatic carbocycles. The topological polar surface area (TPSA) is 17.6 Å². The third kappa shape index (κ3) is 5.46. The Bertz CT molecular complexity index is 483. The molecule has 2 rings (SSSR count). The van der Waals surface area contributed by atoms with Crippen LogP contribution in [0.3, 0.4) is 0 Å². The summed E-state index contributed by atoms with van der Waals surface area (Å²) in [4.78, 5) is 0. The Hall–Kier alpha value is -1.14. The van der Waals surface area contributed by atoms with Crippen molar-refractivity contribution in [2.24, 2.45) is 0 Å². The summed E-state index contributed by atoms with van der Waals surface area (Å²) in [6.07, 6.45) is 18.2. The number of nitrogens with zero attached hydrogens (tertiary/aromatic N) is 4. The van der Waals surface area contributed by atoms with Gasteiger partial charge in [0.1, 0.15) is 24.8 Å². The second-order valence-corrected chi connectivity index (χ2v) is 4.27. The van der Waals surface area contributed by atoms with Crippen LogP contribution < -0.4 is 43.1 Å². The largest absolute Gasteiger partial charge is 1.00 e. The average molecular weight is 404 g/mol. The molecular weight excluding hydrogens is 384 g/mol. The summed E-state index contributed by atoms with van der Waals surface area (Å²) in [6.45, 7) is 9.54. The molecule has 0 fully saturated rings. The molecule has 0 amide bonds. The lowest BCUT2D eigenvalue weighted by atomic mass is 10.3. The molecule has 0 saturated carbocycles. The summed E-state index contributed by atoms with van der Waals surface area (Å²) in [6, 6.07) is 0. The minimum absolute atomic E-state index is 0. The van der Waals surface area contributed by atoms with Gasteiger partial charge < -0.3 is 34.0 Å². The molecule has 2 aromatic heterocycles. The van der Waals surface area contributed by atoms with Gasteiger partial charge in [0.2, 0.25) is 12.7 Å².